The van der Waals surface area contributed by atoms with Gasteiger partial charge in [-0.3, -0.25) is 4.90 Å². The standard InChI is InChI=1S/C26H30FN3O2/c1-3-4-12-23(31)17-29(21-14-15-21)18-25-19(2)28-30(22-10-6-5-7-11-22)26(25)32-24-13-8-9-20(27)16-24/h3,5-11,13,16,21,23,31H,1,4,12,14-15,17-18H2,2H3. The zero-order valence-corrected chi connectivity index (χ0v) is 18.5. The summed E-state index contributed by atoms with van der Waals surface area (Å²) in [5, 5.41) is 15.3. The molecule has 0 amide bonds. The molecule has 1 aromatic heterocycles. The van der Waals surface area contributed by atoms with Crippen LogP contribution in [0.5, 0.6) is 11.6 Å². The maximum Gasteiger partial charge on any atom is 0.227 e. The van der Waals surface area contributed by atoms with Crippen LogP contribution in [0.4, 0.5) is 4.39 Å². The molecule has 2 aromatic carbocycles. The Balaban J connectivity index is 1.67. The highest BCUT2D eigenvalue weighted by molar-refractivity contribution is 5.43. The van der Waals surface area contributed by atoms with Gasteiger partial charge < -0.3 is 9.84 Å². The minimum absolute atomic E-state index is 0.350. The number of aliphatic hydroxyl groups is 1. The third-order valence-electron chi connectivity index (χ3n) is 5.72. The highest BCUT2D eigenvalue weighted by Gasteiger charge is 2.32. The number of hydrogen-bond acceptors (Lipinski definition) is 4. The lowest BCUT2D eigenvalue weighted by Gasteiger charge is -2.25. The van der Waals surface area contributed by atoms with Gasteiger partial charge in [-0.05, 0) is 56.9 Å². The van der Waals surface area contributed by atoms with E-state index < -0.39 is 6.10 Å². The molecule has 168 valence electrons. The molecule has 1 unspecified atom stereocenters. The first-order valence-corrected chi connectivity index (χ1v) is 11.2. The molecule has 1 aliphatic carbocycles. The summed E-state index contributed by atoms with van der Waals surface area (Å²) in [5.74, 6) is 0.648. The quantitative estimate of drug-likeness (QED) is 0.410. The van der Waals surface area contributed by atoms with Crippen molar-refractivity contribution in [1.29, 1.82) is 0 Å². The minimum atomic E-state index is -0.411. The molecule has 1 aliphatic rings. The van der Waals surface area contributed by atoms with E-state index in [0.29, 0.717) is 37.2 Å². The SMILES string of the molecule is C=CCCC(O)CN(Cc1c(C)nn(-c2ccccc2)c1Oc1cccc(F)c1)C1CC1. The van der Waals surface area contributed by atoms with Gasteiger partial charge in [0.1, 0.15) is 11.6 Å². The van der Waals surface area contributed by atoms with Crippen molar-refractivity contribution < 1.29 is 14.2 Å². The van der Waals surface area contributed by atoms with Crippen molar-refractivity contribution >= 4 is 0 Å². The normalized spacial score (nSPS) is 14.5. The van der Waals surface area contributed by atoms with Crippen LogP contribution in [0.2, 0.25) is 0 Å². The lowest BCUT2D eigenvalue weighted by molar-refractivity contribution is 0.0975. The first kappa shape index (κ1) is 22.2. The largest absolute Gasteiger partial charge is 0.438 e. The monoisotopic (exact) mass is 435 g/mol. The summed E-state index contributed by atoms with van der Waals surface area (Å²) >= 11 is 0. The molecule has 1 atom stereocenters. The van der Waals surface area contributed by atoms with Crippen molar-refractivity contribution in [3.05, 3.63) is 84.3 Å². The number of para-hydroxylation sites is 1. The van der Waals surface area contributed by atoms with E-state index in [1.807, 2.05) is 43.3 Å². The summed E-state index contributed by atoms with van der Waals surface area (Å²) in [7, 11) is 0. The molecule has 0 radical (unpaired) electrons. The lowest BCUT2D eigenvalue weighted by Crippen LogP contribution is -2.34. The predicted octanol–water partition coefficient (Wildman–Crippen LogP) is 5.40. The van der Waals surface area contributed by atoms with E-state index in [1.165, 1.54) is 12.1 Å². The summed E-state index contributed by atoms with van der Waals surface area (Å²) < 4.78 is 21.8. The Morgan fingerprint density at radius 2 is 2.03 bits per heavy atom. The zero-order chi connectivity index (χ0) is 22.5. The van der Waals surface area contributed by atoms with Crippen LogP contribution in [0.3, 0.4) is 0 Å². The van der Waals surface area contributed by atoms with Gasteiger partial charge in [0.05, 0.1) is 23.0 Å². The number of allylic oxidation sites excluding steroid dienone is 1. The summed E-state index contributed by atoms with van der Waals surface area (Å²) in [4.78, 5) is 2.31. The van der Waals surface area contributed by atoms with Crippen LogP contribution in [-0.2, 0) is 6.54 Å². The second-order valence-electron chi connectivity index (χ2n) is 8.36. The van der Waals surface area contributed by atoms with Gasteiger partial charge in [0.15, 0.2) is 0 Å². The molecule has 0 saturated heterocycles. The van der Waals surface area contributed by atoms with Crippen LogP contribution in [0.15, 0.2) is 67.3 Å². The first-order chi connectivity index (χ1) is 15.5. The van der Waals surface area contributed by atoms with Crippen molar-refractivity contribution in [2.24, 2.45) is 0 Å². The number of aromatic nitrogens is 2. The van der Waals surface area contributed by atoms with E-state index in [0.717, 1.165) is 36.2 Å². The van der Waals surface area contributed by atoms with Crippen molar-refractivity contribution in [1.82, 2.24) is 14.7 Å². The number of benzene rings is 2. The van der Waals surface area contributed by atoms with E-state index in [1.54, 1.807) is 16.8 Å². The van der Waals surface area contributed by atoms with E-state index in [9.17, 15) is 9.50 Å². The van der Waals surface area contributed by atoms with Crippen LogP contribution in [0.1, 0.15) is 36.9 Å². The van der Waals surface area contributed by atoms with Crippen molar-refractivity contribution in [2.45, 2.75) is 51.3 Å². The van der Waals surface area contributed by atoms with Crippen molar-refractivity contribution in [3.63, 3.8) is 0 Å². The van der Waals surface area contributed by atoms with Crippen LogP contribution in [-0.4, -0.2) is 38.5 Å². The molecule has 1 N–H and O–H groups in total. The molecule has 3 aromatic rings. The van der Waals surface area contributed by atoms with Gasteiger partial charge in [0.2, 0.25) is 5.88 Å². The highest BCUT2D eigenvalue weighted by atomic mass is 19.1. The van der Waals surface area contributed by atoms with E-state index in [2.05, 4.69) is 11.5 Å². The fourth-order valence-electron chi connectivity index (χ4n) is 3.87. The number of nitrogens with zero attached hydrogens (tertiary/aromatic N) is 3. The lowest BCUT2D eigenvalue weighted by atomic mass is 10.1. The summed E-state index contributed by atoms with van der Waals surface area (Å²) in [5.41, 5.74) is 2.67. The molecule has 0 spiro atoms. The van der Waals surface area contributed by atoms with E-state index >= 15 is 0 Å². The van der Waals surface area contributed by atoms with Crippen molar-refractivity contribution in [3.8, 4) is 17.3 Å². The molecule has 5 nitrogen and oxygen atoms in total. The fourth-order valence-corrected chi connectivity index (χ4v) is 3.87. The number of aryl methyl sites for hydroxylation is 1. The first-order valence-electron chi connectivity index (χ1n) is 11.2. The Morgan fingerprint density at radius 3 is 2.72 bits per heavy atom. The Kier molecular flexibility index (Phi) is 7.02. The number of rotatable bonds is 11. The molecular formula is C26H30FN3O2. The number of aliphatic hydroxyl groups excluding tert-OH is 1. The number of halogens is 1. The predicted molar refractivity (Wildman–Crippen MR) is 124 cm³/mol. The zero-order valence-electron chi connectivity index (χ0n) is 18.5. The average molecular weight is 436 g/mol. The molecule has 1 fully saturated rings. The smallest absolute Gasteiger partial charge is 0.227 e. The second kappa shape index (κ2) is 10.1. The van der Waals surface area contributed by atoms with Gasteiger partial charge in [-0.1, -0.05) is 30.3 Å². The second-order valence-corrected chi connectivity index (χ2v) is 8.36. The molecule has 1 heterocycles. The molecule has 6 heteroatoms. The van der Waals surface area contributed by atoms with Gasteiger partial charge >= 0.3 is 0 Å². The van der Waals surface area contributed by atoms with Gasteiger partial charge in [0, 0.05) is 25.2 Å². The molecular weight excluding hydrogens is 405 g/mol. The van der Waals surface area contributed by atoms with Crippen LogP contribution in [0, 0.1) is 12.7 Å². The molecule has 1 saturated carbocycles. The fraction of sp³-hybridized carbons (Fsp3) is 0.346. The van der Waals surface area contributed by atoms with Crippen LogP contribution >= 0.6 is 0 Å². The van der Waals surface area contributed by atoms with E-state index in [-0.39, 0.29) is 5.82 Å². The number of ether oxygens (including phenoxy) is 1. The average Bonchev–Trinajstić information content (AvgIpc) is 3.59. The maximum absolute atomic E-state index is 13.8. The molecule has 4 rings (SSSR count). The third-order valence-corrected chi connectivity index (χ3v) is 5.72. The molecule has 0 aliphatic heterocycles. The van der Waals surface area contributed by atoms with Gasteiger partial charge in [-0.15, -0.1) is 6.58 Å². The Bertz CT molecular complexity index is 1050. The van der Waals surface area contributed by atoms with Crippen molar-refractivity contribution in [2.75, 3.05) is 6.54 Å². The van der Waals surface area contributed by atoms with E-state index in [4.69, 9.17) is 9.84 Å². The van der Waals surface area contributed by atoms with Gasteiger partial charge in [0.25, 0.3) is 0 Å². The highest BCUT2D eigenvalue weighted by Crippen LogP contribution is 2.35. The summed E-state index contributed by atoms with van der Waals surface area (Å²) in [6.07, 6.45) is 5.16. The minimum Gasteiger partial charge on any atom is -0.438 e. The van der Waals surface area contributed by atoms with Crippen LogP contribution in [0.25, 0.3) is 5.69 Å². The van der Waals surface area contributed by atoms with Crippen LogP contribution < -0.4 is 4.74 Å². The maximum atomic E-state index is 13.8. The third kappa shape index (κ3) is 5.44. The summed E-state index contributed by atoms with van der Waals surface area (Å²) in [6.45, 7) is 6.91. The molecule has 0 bridgehead atoms. The summed E-state index contributed by atoms with van der Waals surface area (Å²) in [6, 6.07) is 16.4. The number of hydrogen-bond donors (Lipinski definition) is 1. The Hall–Kier alpha value is -2.96. The van der Waals surface area contributed by atoms with Gasteiger partial charge in [-0.2, -0.15) is 5.10 Å². The topological polar surface area (TPSA) is 50.5 Å². The Morgan fingerprint density at radius 1 is 1.25 bits per heavy atom. The Labute approximate surface area is 188 Å². The van der Waals surface area contributed by atoms with Gasteiger partial charge in [-0.25, -0.2) is 9.07 Å². The molecule has 32 heavy (non-hydrogen) atoms.